The largest absolute Gasteiger partial charge is 0.416 e. The maximum absolute atomic E-state index is 13.1. The van der Waals surface area contributed by atoms with Gasteiger partial charge in [0.05, 0.1) is 9.88 Å². The summed E-state index contributed by atoms with van der Waals surface area (Å²) in [4.78, 5) is 18.3. The van der Waals surface area contributed by atoms with Crippen molar-refractivity contribution in [2.24, 2.45) is 0 Å². The highest BCUT2D eigenvalue weighted by molar-refractivity contribution is 9.10. The normalized spacial score (nSPS) is 14.1. The summed E-state index contributed by atoms with van der Waals surface area (Å²) in [7, 11) is -1.89. The Labute approximate surface area is 189 Å². The van der Waals surface area contributed by atoms with Gasteiger partial charge in [0.2, 0.25) is 0 Å². The van der Waals surface area contributed by atoms with Gasteiger partial charge in [0.25, 0.3) is 0 Å². The average Bonchev–Trinajstić information content (AvgIpc) is 3.09. The van der Waals surface area contributed by atoms with Gasteiger partial charge in [-0.25, -0.2) is 4.98 Å². The molecule has 29 heavy (non-hydrogen) atoms. The fraction of sp³-hybridized carbons (Fsp3) is 0.565. The molecule has 0 spiro atoms. The molecule has 1 aromatic carbocycles. The van der Waals surface area contributed by atoms with E-state index in [9.17, 15) is 4.79 Å². The molecule has 0 aliphatic rings. The van der Waals surface area contributed by atoms with Gasteiger partial charge in [0.15, 0.2) is 14.1 Å². The maximum atomic E-state index is 13.1. The minimum Gasteiger partial charge on any atom is -0.416 e. The van der Waals surface area contributed by atoms with E-state index in [2.05, 4.69) is 87.7 Å². The molecule has 6 heteroatoms. The number of nitrogens with zero attached hydrogens (tertiary/aromatic N) is 1. The summed E-state index contributed by atoms with van der Waals surface area (Å²) in [5, 5.41) is 1.14. The first kappa shape index (κ1) is 24.4. The molecule has 1 atom stereocenters. The molecule has 0 bridgehead atoms. The van der Waals surface area contributed by atoms with E-state index in [1.165, 1.54) is 11.3 Å². The van der Waals surface area contributed by atoms with Crippen molar-refractivity contribution < 1.29 is 9.22 Å². The molecular weight excluding hydrogens is 462 g/mol. The second-order valence-electron chi connectivity index (χ2n) is 10.2. The molecule has 0 saturated carbocycles. The predicted octanol–water partition coefficient (Wildman–Crippen LogP) is 7.58. The summed E-state index contributed by atoms with van der Waals surface area (Å²) in [5.74, 6) is 0.176. The fourth-order valence-corrected chi connectivity index (χ4v) is 4.85. The van der Waals surface area contributed by atoms with Gasteiger partial charge < -0.3 is 4.43 Å². The zero-order valence-electron chi connectivity index (χ0n) is 18.9. The number of hydrogen-bond donors (Lipinski definition) is 0. The van der Waals surface area contributed by atoms with Crippen LogP contribution in [0.1, 0.15) is 74.1 Å². The molecule has 160 valence electrons. The first-order valence-electron chi connectivity index (χ1n) is 10.1. The van der Waals surface area contributed by atoms with Crippen molar-refractivity contribution in [3.05, 3.63) is 50.4 Å². The Kier molecular flexibility index (Phi) is 7.69. The fourth-order valence-electron chi connectivity index (χ4n) is 2.61. The van der Waals surface area contributed by atoms with Crippen LogP contribution in [0.15, 0.2) is 34.9 Å². The molecule has 0 fully saturated rings. The zero-order chi connectivity index (χ0) is 22.0. The number of Topliss-reactive ketones (excluding diaryl/α,β-unsaturated/α-hetero) is 1. The third kappa shape index (κ3) is 6.58. The van der Waals surface area contributed by atoms with Crippen LogP contribution in [0.4, 0.5) is 0 Å². The number of hydrogen-bond acceptors (Lipinski definition) is 4. The molecular formula is C23H34BrNO2SSi. The highest BCUT2D eigenvalue weighted by atomic mass is 79.9. The predicted molar refractivity (Wildman–Crippen MR) is 130 cm³/mol. The van der Waals surface area contributed by atoms with Crippen LogP contribution < -0.4 is 0 Å². The third-order valence-corrected chi connectivity index (χ3v) is 12.1. The quantitative estimate of drug-likeness (QED) is 0.293. The Morgan fingerprint density at radius 1 is 1.14 bits per heavy atom. The van der Waals surface area contributed by atoms with Crippen molar-refractivity contribution in [1.29, 1.82) is 0 Å². The lowest BCUT2D eigenvalue weighted by Gasteiger charge is -2.37. The molecule has 2 rings (SSSR count). The van der Waals surface area contributed by atoms with Crippen molar-refractivity contribution in [3.63, 3.8) is 0 Å². The van der Waals surface area contributed by atoms with E-state index in [0.717, 1.165) is 19.9 Å². The summed E-state index contributed by atoms with van der Waals surface area (Å²) in [6.45, 7) is 18.2. The van der Waals surface area contributed by atoms with Crippen molar-refractivity contribution in [1.82, 2.24) is 4.98 Å². The van der Waals surface area contributed by atoms with E-state index in [1.54, 1.807) is 6.20 Å². The maximum Gasteiger partial charge on any atom is 0.192 e. The lowest BCUT2D eigenvalue weighted by atomic mass is 9.94. The Hall–Kier alpha value is -0.823. The molecule has 0 radical (unpaired) electrons. The molecule has 0 amide bonds. The Morgan fingerprint density at radius 2 is 1.72 bits per heavy atom. The summed E-state index contributed by atoms with van der Waals surface area (Å²) < 4.78 is 7.54. The summed E-state index contributed by atoms with van der Waals surface area (Å²) in [6.07, 6.45) is 2.17. The highest BCUT2D eigenvalue weighted by Gasteiger charge is 2.38. The Balaban J connectivity index is 2.22. The van der Waals surface area contributed by atoms with Gasteiger partial charge in [-0.1, -0.05) is 69.6 Å². The molecule has 0 N–H and O–H groups in total. The van der Waals surface area contributed by atoms with Crippen LogP contribution in [0.2, 0.25) is 18.1 Å². The number of carbonyl (C=O) groups is 1. The average molecular weight is 497 g/mol. The van der Waals surface area contributed by atoms with Crippen LogP contribution in [0.25, 0.3) is 0 Å². The molecule has 1 unspecified atom stereocenters. The zero-order valence-corrected chi connectivity index (χ0v) is 22.3. The minimum atomic E-state index is -1.89. The third-order valence-electron chi connectivity index (χ3n) is 5.65. The minimum absolute atomic E-state index is 0.0323. The van der Waals surface area contributed by atoms with Crippen LogP contribution in [0.3, 0.4) is 0 Å². The van der Waals surface area contributed by atoms with Crippen LogP contribution in [0.5, 0.6) is 0 Å². The Morgan fingerprint density at radius 3 is 2.21 bits per heavy atom. The van der Waals surface area contributed by atoms with Gasteiger partial charge in [0.1, 0.15) is 0 Å². The van der Waals surface area contributed by atoms with E-state index in [-0.39, 0.29) is 22.2 Å². The molecule has 2 aromatic rings. The topological polar surface area (TPSA) is 39.2 Å². The van der Waals surface area contributed by atoms with Gasteiger partial charge >= 0.3 is 0 Å². The summed E-state index contributed by atoms with van der Waals surface area (Å²) in [5.41, 5.74) is 1.10. The molecule has 0 saturated heterocycles. The second kappa shape index (κ2) is 9.12. The van der Waals surface area contributed by atoms with Crippen molar-refractivity contribution in [2.45, 2.75) is 77.4 Å². The number of benzene rings is 1. The van der Waals surface area contributed by atoms with Gasteiger partial charge in [-0.15, -0.1) is 11.3 Å². The molecule has 3 nitrogen and oxygen atoms in total. The lowest BCUT2D eigenvalue weighted by Crippen LogP contribution is -2.41. The van der Waals surface area contributed by atoms with Gasteiger partial charge in [-0.2, -0.15) is 0 Å². The number of aromatic nitrogens is 1. The van der Waals surface area contributed by atoms with E-state index in [1.807, 2.05) is 12.1 Å². The van der Waals surface area contributed by atoms with Crippen LogP contribution >= 0.6 is 27.3 Å². The molecule has 1 heterocycles. The monoisotopic (exact) mass is 495 g/mol. The molecule has 0 aliphatic heterocycles. The van der Waals surface area contributed by atoms with E-state index >= 15 is 0 Å². The standard InChI is InChI=1S/C23H34BrNO2SSi/c1-22(2,3)21-25-14-20(28-21)19(26)13-17(16-9-11-18(24)12-10-16)15-27-29(7,8)23(4,5)6/h9-12,14,17H,13,15H2,1-8H3. The first-order chi connectivity index (χ1) is 13.2. The first-order valence-corrected chi connectivity index (χ1v) is 14.6. The lowest BCUT2D eigenvalue weighted by molar-refractivity contribution is 0.0965. The van der Waals surface area contributed by atoms with Gasteiger partial charge in [0, 0.05) is 35.0 Å². The van der Waals surface area contributed by atoms with Crippen LogP contribution in [-0.2, 0) is 9.84 Å². The van der Waals surface area contributed by atoms with Crippen molar-refractivity contribution >= 4 is 41.4 Å². The van der Waals surface area contributed by atoms with E-state index < -0.39 is 8.32 Å². The van der Waals surface area contributed by atoms with Crippen molar-refractivity contribution in [3.8, 4) is 0 Å². The van der Waals surface area contributed by atoms with Crippen LogP contribution in [0, 0.1) is 0 Å². The molecule has 0 aliphatic carbocycles. The van der Waals surface area contributed by atoms with Crippen molar-refractivity contribution in [2.75, 3.05) is 6.61 Å². The number of rotatable bonds is 7. The van der Waals surface area contributed by atoms with E-state index in [4.69, 9.17) is 4.43 Å². The number of thiazole rings is 1. The smallest absolute Gasteiger partial charge is 0.192 e. The number of carbonyl (C=O) groups excluding carboxylic acids is 1. The summed E-state index contributed by atoms with van der Waals surface area (Å²) in [6, 6.07) is 8.24. The number of ketones is 1. The van der Waals surface area contributed by atoms with Crippen LogP contribution in [-0.4, -0.2) is 25.7 Å². The van der Waals surface area contributed by atoms with Gasteiger partial charge in [-0.05, 0) is 35.8 Å². The summed E-state index contributed by atoms with van der Waals surface area (Å²) >= 11 is 5.02. The Bertz CT molecular complexity index is 832. The van der Waals surface area contributed by atoms with E-state index in [0.29, 0.717) is 13.0 Å². The highest BCUT2D eigenvalue weighted by Crippen LogP contribution is 2.38. The SMILES string of the molecule is CC(C)(C)c1ncc(C(=O)CC(CO[Si](C)(C)C(C)(C)C)c2ccc(Br)cc2)s1. The number of halogens is 1. The second-order valence-corrected chi connectivity index (χ2v) is 17.0. The molecule has 1 aromatic heterocycles. The van der Waals surface area contributed by atoms with Gasteiger partial charge in [-0.3, -0.25) is 4.79 Å².